The first kappa shape index (κ1) is 15.1. The summed E-state index contributed by atoms with van der Waals surface area (Å²) in [5, 5.41) is 2.72. The van der Waals surface area contributed by atoms with Crippen LogP contribution in [0.5, 0.6) is 0 Å². The van der Waals surface area contributed by atoms with Gasteiger partial charge in [0.15, 0.2) is 0 Å². The highest BCUT2D eigenvalue weighted by Crippen LogP contribution is 2.64. The normalized spacial score (nSPS) is 23.0. The van der Waals surface area contributed by atoms with Crippen LogP contribution in [0, 0.1) is 5.41 Å². The summed E-state index contributed by atoms with van der Waals surface area (Å²) in [5.74, 6) is -0.475. The van der Waals surface area contributed by atoms with Gasteiger partial charge >= 0.3 is 0 Å². The van der Waals surface area contributed by atoms with E-state index in [4.69, 9.17) is 23.2 Å². The molecule has 4 nitrogen and oxygen atoms in total. The standard InChI is InChI=1S/C14H16Cl2N2O2/c1-13(9-14(13,15)16)12(20)18(2)8-11(19)17-10-6-4-3-5-7-10/h3-7H,8-9H2,1-2H3,(H,17,19). The Bertz CT molecular complexity index is 533. The highest BCUT2D eigenvalue weighted by molar-refractivity contribution is 6.53. The number of anilines is 1. The number of hydrogen-bond donors (Lipinski definition) is 1. The fourth-order valence-corrected chi connectivity index (χ4v) is 2.76. The van der Waals surface area contributed by atoms with Crippen molar-refractivity contribution in [2.45, 2.75) is 17.7 Å². The molecule has 1 N–H and O–H groups in total. The number of halogens is 2. The van der Waals surface area contributed by atoms with Crippen LogP contribution in [0.25, 0.3) is 0 Å². The van der Waals surface area contributed by atoms with E-state index in [0.717, 1.165) is 0 Å². The van der Waals surface area contributed by atoms with E-state index in [9.17, 15) is 9.59 Å². The molecule has 0 aromatic heterocycles. The second kappa shape index (κ2) is 5.26. The summed E-state index contributed by atoms with van der Waals surface area (Å²) >= 11 is 11.9. The fourth-order valence-electron chi connectivity index (χ4n) is 2.06. The predicted molar refractivity (Wildman–Crippen MR) is 79.9 cm³/mol. The number of nitrogens with one attached hydrogen (secondary N) is 1. The number of nitrogens with zero attached hydrogens (tertiary/aromatic N) is 1. The van der Waals surface area contributed by atoms with Gasteiger partial charge in [-0.25, -0.2) is 0 Å². The molecule has 1 aliphatic rings. The number of likely N-dealkylation sites (N-methyl/N-ethyl adjacent to an activating group) is 1. The van der Waals surface area contributed by atoms with Crippen LogP contribution in [0.1, 0.15) is 13.3 Å². The summed E-state index contributed by atoms with van der Waals surface area (Å²) in [6.45, 7) is 1.67. The van der Waals surface area contributed by atoms with Gasteiger partial charge in [-0.3, -0.25) is 9.59 Å². The second-order valence-corrected chi connectivity index (χ2v) is 6.77. The van der Waals surface area contributed by atoms with Gasteiger partial charge in [-0.1, -0.05) is 18.2 Å². The molecule has 0 radical (unpaired) electrons. The zero-order chi connectivity index (χ0) is 15.0. The van der Waals surface area contributed by atoms with Gasteiger partial charge in [-0.2, -0.15) is 0 Å². The summed E-state index contributed by atoms with van der Waals surface area (Å²) < 4.78 is -1.02. The lowest BCUT2D eigenvalue weighted by molar-refractivity contribution is -0.137. The molecule has 0 saturated heterocycles. The smallest absolute Gasteiger partial charge is 0.243 e. The minimum Gasteiger partial charge on any atom is -0.336 e. The van der Waals surface area contributed by atoms with E-state index >= 15 is 0 Å². The zero-order valence-electron chi connectivity index (χ0n) is 11.3. The summed E-state index contributed by atoms with van der Waals surface area (Å²) in [4.78, 5) is 25.4. The molecule has 1 aromatic carbocycles. The van der Waals surface area contributed by atoms with Crippen molar-refractivity contribution >= 4 is 40.7 Å². The summed E-state index contributed by atoms with van der Waals surface area (Å²) in [7, 11) is 1.57. The molecular weight excluding hydrogens is 299 g/mol. The lowest BCUT2D eigenvalue weighted by Gasteiger charge is -2.21. The number of benzene rings is 1. The maximum Gasteiger partial charge on any atom is 0.243 e. The van der Waals surface area contributed by atoms with Crippen molar-refractivity contribution in [3.8, 4) is 0 Å². The molecule has 6 heteroatoms. The Balaban J connectivity index is 1.90. The second-order valence-electron chi connectivity index (χ2n) is 5.29. The van der Waals surface area contributed by atoms with Crippen molar-refractivity contribution in [2.75, 3.05) is 18.9 Å². The first-order valence-electron chi connectivity index (χ1n) is 6.24. The SMILES string of the molecule is CN(CC(=O)Nc1ccccc1)C(=O)C1(C)CC1(Cl)Cl. The Kier molecular flexibility index (Phi) is 3.98. The van der Waals surface area contributed by atoms with Gasteiger partial charge in [0.1, 0.15) is 4.33 Å². The van der Waals surface area contributed by atoms with Crippen LogP contribution in [0.3, 0.4) is 0 Å². The highest BCUT2D eigenvalue weighted by atomic mass is 35.5. The number of amides is 2. The quantitative estimate of drug-likeness (QED) is 0.869. The molecule has 1 fully saturated rings. The van der Waals surface area contributed by atoms with Gasteiger partial charge in [0.2, 0.25) is 11.8 Å². The van der Waals surface area contributed by atoms with E-state index in [-0.39, 0.29) is 18.4 Å². The molecule has 0 bridgehead atoms. The average Bonchev–Trinajstić information content (AvgIpc) is 2.89. The lowest BCUT2D eigenvalue weighted by atomic mass is 10.1. The van der Waals surface area contributed by atoms with Crippen molar-refractivity contribution < 1.29 is 9.59 Å². The highest BCUT2D eigenvalue weighted by Gasteiger charge is 2.68. The summed E-state index contributed by atoms with van der Waals surface area (Å²) in [5.41, 5.74) is -0.0993. The van der Waals surface area contributed by atoms with Crippen LogP contribution >= 0.6 is 23.2 Å². The Labute approximate surface area is 128 Å². The average molecular weight is 315 g/mol. The first-order valence-corrected chi connectivity index (χ1v) is 7.00. The molecule has 1 aromatic rings. The van der Waals surface area contributed by atoms with Gasteiger partial charge in [0.25, 0.3) is 0 Å². The third-order valence-corrected chi connectivity index (χ3v) is 4.62. The van der Waals surface area contributed by atoms with Crippen LogP contribution in [-0.4, -0.2) is 34.6 Å². The molecule has 20 heavy (non-hydrogen) atoms. The van der Waals surface area contributed by atoms with E-state index in [1.165, 1.54) is 4.90 Å². The van der Waals surface area contributed by atoms with Crippen LogP contribution in [0.4, 0.5) is 5.69 Å². The number of rotatable bonds is 4. The van der Waals surface area contributed by atoms with Crippen LogP contribution < -0.4 is 5.32 Å². The maximum atomic E-state index is 12.2. The topological polar surface area (TPSA) is 49.4 Å². The molecule has 1 atom stereocenters. The molecule has 2 amide bonds. The van der Waals surface area contributed by atoms with E-state index in [1.807, 2.05) is 18.2 Å². The Morgan fingerprint density at radius 2 is 1.85 bits per heavy atom. The molecule has 1 saturated carbocycles. The monoisotopic (exact) mass is 314 g/mol. The lowest BCUT2D eigenvalue weighted by Crippen LogP contribution is -2.40. The number of carbonyl (C=O) groups excluding carboxylic acids is 2. The number of alkyl halides is 2. The predicted octanol–water partition coefficient (Wildman–Crippen LogP) is 2.67. The van der Waals surface area contributed by atoms with E-state index in [0.29, 0.717) is 12.1 Å². The molecular formula is C14H16Cl2N2O2. The van der Waals surface area contributed by atoms with Crippen molar-refractivity contribution in [3.63, 3.8) is 0 Å². The van der Waals surface area contributed by atoms with Crippen LogP contribution in [0.2, 0.25) is 0 Å². The third-order valence-electron chi connectivity index (χ3n) is 3.51. The minimum atomic E-state index is -1.02. The Morgan fingerprint density at radius 1 is 1.30 bits per heavy atom. The van der Waals surface area contributed by atoms with Gasteiger partial charge < -0.3 is 10.2 Å². The number of para-hydroxylation sites is 1. The van der Waals surface area contributed by atoms with E-state index in [1.54, 1.807) is 26.1 Å². The van der Waals surface area contributed by atoms with E-state index in [2.05, 4.69) is 5.32 Å². The molecule has 1 aliphatic carbocycles. The zero-order valence-corrected chi connectivity index (χ0v) is 12.8. The molecule has 108 valence electrons. The Hall–Kier alpha value is -1.26. The maximum absolute atomic E-state index is 12.2. The molecule has 0 heterocycles. The molecule has 0 spiro atoms. The van der Waals surface area contributed by atoms with Crippen molar-refractivity contribution in [2.24, 2.45) is 5.41 Å². The number of hydrogen-bond acceptors (Lipinski definition) is 2. The Morgan fingerprint density at radius 3 is 2.35 bits per heavy atom. The molecule has 0 aliphatic heterocycles. The molecule has 2 rings (SSSR count). The van der Waals surface area contributed by atoms with Gasteiger partial charge in [-0.15, -0.1) is 23.2 Å². The largest absolute Gasteiger partial charge is 0.336 e. The van der Waals surface area contributed by atoms with E-state index < -0.39 is 9.75 Å². The third kappa shape index (κ3) is 2.91. The first-order chi connectivity index (χ1) is 9.26. The summed E-state index contributed by atoms with van der Waals surface area (Å²) in [6.07, 6.45) is 0.409. The summed E-state index contributed by atoms with van der Waals surface area (Å²) in [6, 6.07) is 9.07. The van der Waals surface area contributed by atoms with Gasteiger partial charge in [0.05, 0.1) is 12.0 Å². The van der Waals surface area contributed by atoms with Crippen molar-refractivity contribution in [1.82, 2.24) is 4.90 Å². The van der Waals surface area contributed by atoms with Crippen LogP contribution in [0.15, 0.2) is 30.3 Å². The van der Waals surface area contributed by atoms with Gasteiger partial charge in [0, 0.05) is 12.7 Å². The van der Waals surface area contributed by atoms with Crippen molar-refractivity contribution in [1.29, 1.82) is 0 Å². The number of carbonyl (C=O) groups is 2. The van der Waals surface area contributed by atoms with Gasteiger partial charge in [-0.05, 0) is 25.5 Å². The van der Waals surface area contributed by atoms with Crippen molar-refractivity contribution in [3.05, 3.63) is 30.3 Å². The fraction of sp³-hybridized carbons (Fsp3) is 0.429. The minimum absolute atomic E-state index is 0.0345. The molecule has 1 unspecified atom stereocenters. The van der Waals surface area contributed by atoms with Crippen LogP contribution in [-0.2, 0) is 9.59 Å².